The Kier molecular flexibility index (Phi) is 4.92. The predicted molar refractivity (Wildman–Crippen MR) is 88.9 cm³/mol. The van der Waals surface area contributed by atoms with Crippen molar-refractivity contribution in [2.75, 3.05) is 0 Å². The second-order valence-corrected chi connectivity index (χ2v) is 6.76. The fraction of sp³-hybridized carbons (Fsp3) is 0.294. The first-order chi connectivity index (χ1) is 9.95. The summed E-state index contributed by atoms with van der Waals surface area (Å²) in [5.41, 5.74) is 4.80. The van der Waals surface area contributed by atoms with Crippen LogP contribution >= 0.6 is 23.4 Å². The summed E-state index contributed by atoms with van der Waals surface area (Å²) in [6.07, 6.45) is 0. The maximum Gasteiger partial charge on any atom is 0.115 e. The first-order valence-corrected chi connectivity index (χ1v) is 8.00. The molecule has 1 aromatic heterocycles. The third kappa shape index (κ3) is 3.23. The number of thioether (sulfide) groups is 1. The van der Waals surface area contributed by atoms with Crippen molar-refractivity contribution in [3.05, 3.63) is 57.2 Å². The van der Waals surface area contributed by atoms with Crippen LogP contribution in [0.15, 0.2) is 29.3 Å². The van der Waals surface area contributed by atoms with Gasteiger partial charge in [-0.15, -0.1) is 0 Å². The van der Waals surface area contributed by atoms with Gasteiger partial charge >= 0.3 is 0 Å². The fourth-order valence-electron chi connectivity index (χ4n) is 2.16. The maximum atomic E-state index is 9.42. The molecule has 4 heteroatoms. The Morgan fingerprint density at radius 2 is 1.86 bits per heavy atom. The number of nitriles is 1. The van der Waals surface area contributed by atoms with Crippen molar-refractivity contribution < 1.29 is 0 Å². The number of aryl methyl sites for hydroxylation is 1. The Bertz CT molecular complexity index is 719. The summed E-state index contributed by atoms with van der Waals surface area (Å²) in [5, 5.41) is 11.1. The molecule has 2 nitrogen and oxygen atoms in total. The third-order valence-corrected chi connectivity index (χ3v) is 5.18. The third-order valence-electron chi connectivity index (χ3n) is 3.71. The molecule has 0 aliphatic rings. The largest absolute Gasteiger partial charge is 0.245 e. The summed E-state index contributed by atoms with van der Waals surface area (Å²) in [6, 6.07) is 10.1. The number of hydrogen-bond donors (Lipinski definition) is 0. The first-order valence-electron chi connectivity index (χ1n) is 6.74. The zero-order chi connectivity index (χ0) is 15.6. The van der Waals surface area contributed by atoms with Crippen LogP contribution in [-0.2, 0) is 0 Å². The first kappa shape index (κ1) is 15.9. The number of hydrogen-bond acceptors (Lipinski definition) is 3. The molecule has 1 aromatic carbocycles. The second-order valence-electron chi connectivity index (χ2n) is 5.02. The molecule has 0 aliphatic carbocycles. The molecule has 0 saturated carbocycles. The summed E-state index contributed by atoms with van der Waals surface area (Å²) < 4.78 is 0. The van der Waals surface area contributed by atoms with Crippen molar-refractivity contribution in [2.24, 2.45) is 0 Å². The fourth-order valence-corrected chi connectivity index (χ4v) is 3.70. The van der Waals surface area contributed by atoms with Crippen molar-refractivity contribution in [3.8, 4) is 6.07 Å². The van der Waals surface area contributed by atoms with Crippen molar-refractivity contribution in [1.82, 2.24) is 4.98 Å². The van der Waals surface area contributed by atoms with Gasteiger partial charge in [-0.2, -0.15) is 5.26 Å². The van der Waals surface area contributed by atoms with E-state index in [4.69, 9.17) is 11.6 Å². The van der Waals surface area contributed by atoms with Crippen molar-refractivity contribution in [1.29, 1.82) is 5.26 Å². The van der Waals surface area contributed by atoms with Crippen LogP contribution < -0.4 is 0 Å². The lowest BCUT2D eigenvalue weighted by atomic mass is 10.1. The number of pyridine rings is 1. The van der Waals surface area contributed by atoms with Gasteiger partial charge in [-0.05, 0) is 50.5 Å². The van der Waals surface area contributed by atoms with E-state index in [-0.39, 0.29) is 5.25 Å². The highest BCUT2D eigenvalue weighted by Crippen LogP contribution is 2.39. The minimum atomic E-state index is 0.139. The minimum absolute atomic E-state index is 0.139. The van der Waals surface area contributed by atoms with Crippen molar-refractivity contribution >= 4 is 23.4 Å². The quantitative estimate of drug-likeness (QED) is 0.713. The van der Waals surface area contributed by atoms with E-state index in [0.29, 0.717) is 5.56 Å². The van der Waals surface area contributed by atoms with E-state index >= 15 is 0 Å². The lowest BCUT2D eigenvalue weighted by Crippen LogP contribution is -2.00. The standard InChI is InChI=1S/C17H17ClN2S/c1-10-11(2)15(9-19)17(20-12(10)3)21-13(4)14-7-5-6-8-16(14)18/h5-8,13H,1-4H3/t13-/m0/s1. The molecular weight excluding hydrogens is 300 g/mol. The number of nitrogens with zero attached hydrogens (tertiary/aromatic N) is 2. The van der Waals surface area contributed by atoms with Crippen LogP contribution in [0.25, 0.3) is 0 Å². The Morgan fingerprint density at radius 1 is 1.19 bits per heavy atom. The van der Waals surface area contributed by atoms with Crippen LogP contribution in [0, 0.1) is 32.1 Å². The predicted octanol–water partition coefficient (Wildman–Crippen LogP) is 5.39. The molecular formula is C17H17ClN2S. The normalized spacial score (nSPS) is 12.0. The van der Waals surface area contributed by atoms with Crippen LogP contribution in [0.2, 0.25) is 5.02 Å². The van der Waals surface area contributed by atoms with Gasteiger partial charge in [0.1, 0.15) is 11.1 Å². The highest BCUT2D eigenvalue weighted by atomic mass is 35.5. The van der Waals surface area contributed by atoms with Gasteiger partial charge in [-0.1, -0.05) is 41.6 Å². The highest BCUT2D eigenvalue weighted by Gasteiger charge is 2.17. The van der Waals surface area contributed by atoms with Crippen LogP contribution in [0.4, 0.5) is 0 Å². The molecule has 0 N–H and O–H groups in total. The molecule has 0 bridgehead atoms. The smallest absolute Gasteiger partial charge is 0.115 e. The Morgan fingerprint density at radius 3 is 2.48 bits per heavy atom. The molecule has 0 unspecified atom stereocenters. The molecule has 0 aliphatic heterocycles. The molecule has 1 heterocycles. The van der Waals surface area contributed by atoms with Crippen molar-refractivity contribution in [2.45, 2.75) is 38.0 Å². The lowest BCUT2D eigenvalue weighted by Gasteiger charge is -2.16. The zero-order valence-corrected chi connectivity index (χ0v) is 14.1. The van der Waals surface area contributed by atoms with Gasteiger partial charge in [0.15, 0.2) is 0 Å². The lowest BCUT2D eigenvalue weighted by molar-refractivity contribution is 0.985. The van der Waals surface area contributed by atoms with Crippen LogP contribution in [0.3, 0.4) is 0 Å². The molecule has 0 fully saturated rings. The molecule has 2 rings (SSSR count). The Labute approximate surface area is 135 Å². The second kappa shape index (κ2) is 6.51. The molecule has 2 aromatic rings. The van der Waals surface area contributed by atoms with Crippen LogP contribution in [-0.4, -0.2) is 4.98 Å². The SMILES string of the molecule is Cc1nc(S[C@@H](C)c2ccccc2Cl)c(C#N)c(C)c1C. The Hall–Kier alpha value is -1.50. The topological polar surface area (TPSA) is 36.7 Å². The van der Waals surface area contributed by atoms with E-state index in [1.54, 1.807) is 11.8 Å². The summed E-state index contributed by atoms with van der Waals surface area (Å²) in [7, 11) is 0. The molecule has 0 amide bonds. The van der Waals surface area contributed by atoms with Gasteiger partial charge in [0.05, 0.1) is 5.56 Å². The maximum absolute atomic E-state index is 9.42. The van der Waals surface area contributed by atoms with Gasteiger partial charge < -0.3 is 0 Å². The van der Waals surface area contributed by atoms with Gasteiger partial charge in [0.2, 0.25) is 0 Å². The average Bonchev–Trinajstić information content (AvgIpc) is 2.45. The van der Waals surface area contributed by atoms with Crippen LogP contribution in [0.1, 0.15) is 40.1 Å². The van der Waals surface area contributed by atoms with E-state index in [2.05, 4.69) is 18.0 Å². The molecule has 21 heavy (non-hydrogen) atoms. The van der Waals surface area contributed by atoms with E-state index < -0.39 is 0 Å². The molecule has 0 spiro atoms. The van der Waals surface area contributed by atoms with Crippen molar-refractivity contribution in [3.63, 3.8) is 0 Å². The average molecular weight is 317 g/mol. The van der Waals surface area contributed by atoms with Gasteiger partial charge in [0, 0.05) is 16.0 Å². The van der Waals surface area contributed by atoms with E-state index in [1.807, 2.05) is 45.0 Å². The number of aromatic nitrogens is 1. The zero-order valence-electron chi connectivity index (χ0n) is 12.6. The Balaban J connectivity index is 2.41. The van der Waals surface area contributed by atoms with Gasteiger partial charge in [-0.3, -0.25) is 0 Å². The van der Waals surface area contributed by atoms with E-state index in [0.717, 1.165) is 32.4 Å². The monoisotopic (exact) mass is 316 g/mol. The summed E-state index contributed by atoms with van der Waals surface area (Å²) in [5.74, 6) is 0. The molecule has 1 atom stereocenters. The number of halogens is 1. The molecule has 0 radical (unpaired) electrons. The summed E-state index contributed by atoms with van der Waals surface area (Å²) in [6.45, 7) is 8.05. The van der Waals surface area contributed by atoms with Gasteiger partial charge in [0.25, 0.3) is 0 Å². The van der Waals surface area contributed by atoms with E-state index in [1.165, 1.54) is 0 Å². The molecule has 108 valence electrons. The molecule has 0 saturated heterocycles. The van der Waals surface area contributed by atoms with Crippen LogP contribution in [0.5, 0.6) is 0 Å². The van der Waals surface area contributed by atoms with Gasteiger partial charge in [-0.25, -0.2) is 4.98 Å². The summed E-state index contributed by atoms with van der Waals surface area (Å²) >= 11 is 7.83. The van der Waals surface area contributed by atoms with E-state index in [9.17, 15) is 5.26 Å². The number of rotatable bonds is 3. The summed E-state index contributed by atoms with van der Waals surface area (Å²) in [4.78, 5) is 4.60. The highest BCUT2D eigenvalue weighted by molar-refractivity contribution is 7.99. The minimum Gasteiger partial charge on any atom is -0.245 e. The number of benzene rings is 1.